The van der Waals surface area contributed by atoms with Gasteiger partial charge in [0, 0.05) is 11.1 Å². The van der Waals surface area contributed by atoms with E-state index in [0.29, 0.717) is 0 Å². The zero-order chi connectivity index (χ0) is 38.8. The minimum atomic E-state index is -2.01. The lowest BCUT2D eigenvalue weighted by Gasteiger charge is -2.45. The standard InChI is InChI=1S/C56H41NSi/c1-58(2)53-31-16-14-28-48(53)56(49-29-15-17-32-54(49)58)47-27-13-12-25-45(47)55-46(26-18-30-50(55)56)52-37-44(36-51(57-52)40-23-10-5-11-24-40)43-34-41(38-19-6-3-7-20-38)33-42(35-43)39-21-8-4-9-22-39/h3-37H,1-2H3. The smallest absolute Gasteiger partial charge is 0.113 e. The molecule has 0 unspecified atom stereocenters. The van der Waals surface area contributed by atoms with E-state index >= 15 is 0 Å². The largest absolute Gasteiger partial charge is 0.248 e. The topological polar surface area (TPSA) is 12.9 Å². The van der Waals surface area contributed by atoms with Crippen LogP contribution in [0, 0.1) is 0 Å². The third-order valence-electron chi connectivity index (χ3n) is 12.7. The first-order valence-electron chi connectivity index (χ1n) is 20.3. The van der Waals surface area contributed by atoms with E-state index in [1.54, 1.807) is 0 Å². The molecule has 1 aromatic heterocycles. The lowest BCUT2D eigenvalue weighted by atomic mass is 9.67. The number of fused-ring (bicyclic) bond motifs is 9. The van der Waals surface area contributed by atoms with Gasteiger partial charge in [-0.25, -0.2) is 4.98 Å². The summed E-state index contributed by atoms with van der Waals surface area (Å²) in [6.45, 7) is 5.04. The van der Waals surface area contributed by atoms with Crippen LogP contribution in [0.4, 0.5) is 0 Å². The lowest BCUT2D eigenvalue weighted by molar-refractivity contribution is 0.773. The van der Waals surface area contributed by atoms with Crippen LogP contribution in [0.3, 0.4) is 0 Å². The van der Waals surface area contributed by atoms with Gasteiger partial charge in [0.2, 0.25) is 0 Å². The van der Waals surface area contributed by atoms with Crippen molar-refractivity contribution in [2.45, 2.75) is 18.5 Å². The van der Waals surface area contributed by atoms with Crippen LogP contribution < -0.4 is 10.4 Å². The predicted octanol–water partition coefficient (Wildman–Crippen LogP) is 12.9. The summed E-state index contributed by atoms with van der Waals surface area (Å²) in [5.74, 6) is 0. The van der Waals surface area contributed by atoms with Crippen molar-refractivity contribution in [3.05, 3.63) is 235 Å². The van der Waals surface area contributed by atoms with Crippen molar-refractivity contribution in [2.24, 2.45) is 0 Å². The Morgan fingerprint density at radius 1 is 0.328 bits per heavy atom. The van der Waals surface area contributed by atoms with Crippen LogP contribution in [0.25, 0.3) is 67.0 Å². The molecule has 0 amide bonds. The Bertz CT molecular complexity index is 2910. The molecule has 2 heteroatoms. The van der Waals surface area contributed by atoms with Gasteiger partial charge in [-0.3, -0.25) is 0 Å². The second kappa shape index (κ2) is 13.4. The van der Waals surface area contributed by atoms with Crippen molar-refractivity contribution in [1.29, 1.82) is 0 Å². The molecule has 1 aliphatic carbocycles. The maximum absolute atomic E-state index is 5.56. The second-order valence-corrected chi connectivity index (χ2v) is 20.6. The first-order valence-corrected chi connectivity index (χ1v) is 23.3. The van der Waals surface area contributed by atoms with Crippen molar-refractivity contribution in [3.8, 4) is 67.0 Å². The Labute approximate surface area is 342 Å². The van der Waals surface area contributed by atoms with E-state index in [9.17, 15) is 0 Å². The van der Waals surface area contributed by atoms with Crippen LogP contribution in [-0.2, 0) is 5.41 Å². The first kappa shape index (κ1) is 34.4. The third-order valence-corrected chi connectivity index (χ3v) is 16.3. The average Bonchev–Trinajstić information content (AvgIpc) is 3.60. The van der Waals surface area contributed by atoms with E-state index in [1.165, 1.54) is 66.0 Å². The highest BCUT2D eigenvalue weighted by molar-refractivity contribution is 7.01. The monoisotopic (exact) mass is 755 g/mol. The maximum atomic E-state index is 5.56. The third kappa shape index (κ3) is 5.19. The molecule has 9 aromatic rings. The lowest BCUT2D eigenvalue weighted by Crippen LogP contribution is -2.63. The van der Waals surface area contributed by atoms with Gasteiger partial charge >= 0.3 is 0 Å². The molecule has 0 saturated carbocycles. The van der Waals surface area contributed by atoms with Gasteiger partial charge in [0.1, 0.15) is 8.07 Å². The molecular weight excluding hydrogens is 715 g/mol. The van der Waals surface area contributed by atoms with E-state index in [2.05, 4.69) is 225 Å². The Balaban J connectivity index is 1.19. The van der Waals surface area contributed by atoms with Gasteiger partial charge in [-0.2, -0.15) is 0 Å². The summed E-state index contributed by atoms with van der Waals surface area (Å²) in [5.41, 5.74) is 18.9. The number of hydrogen-bond acceptors (Lipinski definition) is 1. The molecule has 1 nitrogen and oxygen atoms in total. The number of rotatable bonds is 5. The number of pyridine rings is 1. The highest BCUT2D eigenvalue weighted by Crippen LogP contribution is 2.59. The fourth-order valence-electron chi connectivity index (χ4n) is 10.1. The van der Waals surface area contributed by atoms with E-state index < -0.39 is 13.5 Å². The Morgan fingerprint density at radius 3 is 1.33 bits per heavy atom. The zero-order valence-corrected chi connectivity index (χ0v) is 33.7. The summed E-state index contributed by atoms with van der Waals surface area (Å²) in [5, 5.41) is 3.03. The van der Waals surface area contributed by atoms with Crippen LogP contribution in [-0.4, -0.2) is 13.1 Å². The van der Waals surface area contributed by atoms with Crippen molar-refractivity contribution in [3.63, 3.8) is 0 Å². The molecule has 1 spiro atoms. The second-order valence-electron chi connectivity index (χ2n) is 16.3. The highest BCUT2D eigenvalue weighted by atomic mass is 28.3. The van der Waals surface area contributed by atoms with E-state index in [0.717, 1.165) is 33.6 Å². The van der Waals surface area contributed by atoms with Gasteiger partial charge in [-0.1, -0.05) is 195 Å². The summed E-state index contributed by atoms with van der Waals surface area (Å²) in [6, 6.07) is 78.4. The van der Waals surface area contributed by atoms with Gasteiger partial charge in [0.25, 0.3) is 0 Å². The fraction of sp³-hybridized carbons (Fsp3) is 0.0536. The van der Waals surface area contributed by atoms with E-state index in [-0.39, 0.29) is 0 Å². The summed E-state index contributed by atoms with van der Waals surface area (Å²) in [6.07, 6.45) is 0. The Hall–Kier alpha value is -6.87. The van der Waals surface area contributed by atoms with Crippen LogP contribution in [0.5, 0.6) is 0 Å². The molecule has 0 atom stereocenters. The molecule has 0 N–H and O–H groups in total. The Kier molecular flexibility index (Phi) is 7.93. The summed E-state index contributed by atoms with van der Waals surface area (Å²) in [7, 11) is -2.01. The van der Waals surface area contributed by atoms with Crippen molar-refractivity contribution >= 4 is 18.4 Å². The van der Waals surface area contributed by atoms with Gasteiger partial charge in [-0.15, -0.1) is 0 Å². The zero-order valence-electron chi connectivity index (χ0n) is 32.7. The maximum Gasteiger partial charge on any atom is 0.113 e. The molecule has 0 bridgehead atoms. The summed E-state index contributed by atoms with van der Waals surface area (Å²) in [4.78, 5) is 5.56. The molecule has 0 fully saturated rings. The molecule has 8 aromatic carbocycles. The molecule has 58 heavy (non-hydrogen) atoms. The molecule has 1 aliphatic heterocycles. The number of nitrogens with zero attached hydrogens (tertiary/aromatic N) is 1. The van der Waals surface area contributed by atoms with Gasteiger partial charge < -0.3 is 0 Å². The van der Waals surface area contributed by atoms with Crippen molar-refractivity contribution < 1.29 is 0 Å². The molecule has 2 aliphatic rings. The Morgan fingerprint density at radius 2 is 0.741 bits per heavy atom. The van der Waals surface area contributed by atoms with Crippen molar-refractivity contribution in [1.82, 2.24) is 4.98 Å². The first-order chi connectivity index (χ1) is 28.5. The average molecular weight is 756 g/mol. The molecular formula is C56H41NSi. The van der Waals surface area contributed by atoms with E-state index in [4.69, 9.17) is 4.98 Å². The van der Waals surface area contributed by atoms with Crippen LogP contribution in [0.2, 0.25) is 13.1 Å². The van der Waals surface area contributed by atoms with Gasteiger partial charge in [0.15, 0.2) is 0 Å². The molecule has 0 radical (unpaired) electrons. The number of benzene rings is 8. The minimum Gasteiger partial charge on any atom is -0.248 e. The van der Waals surface area contributed by atoms with Crippen molar-refractivity contribution in [2.75, 3.05) is 0 Å². The molecule has 0 saturated heterocycles. The quantitative estimate of drug-likeness (QED) is 0.159. The van der Waals surface area contributed by atoms with Gasteiger partial charge in [0.05, 0.1) is 16.8 Å². The predicted molar refractivity (Wildman–Crippen MR) is 245 cm³/mol. The fourth-order valence-corrected chi connectivity index (χ4v) is 13.3. The highest BCUT2D eigenvalue weighted by Gasteiger charge is 2.54. The van der Waals surface area contributed by atoms with E-state index in [1.807, 2.05) is 0 Å². The summed E-state index contributed by atoms with van der Waals surface area (Å²) < 4.78 is 0. The summed E-state index contributed by atoms with van der Waals surface area (Å²) >= 11 is 0. The van der Waals surface area contributed by atoms with Crippen LogP contribution >= 0.6 is 0 Å². The molecule has 274 valence electrons. The van der Waals surface area contributed by atoms with Crippen LogP contribution in [0.1, 0.15) is 22.3 Å². The van der Waals surface area contributed by atoms with Gasteiger partial charge in [-0.05, 0) is 107 Å². The SMILES string of the molecule is C[Si]1(C)c2ccccc2C2(c3ccccc3-c3c(-c4cc(-c5cc(-c6ccccc6)cc(-c6ccccc6)c5)cc(-c5ccccc5)n4)cccc32)c2ccccc21. The van der Waals surface area contributed by atoms with Crippen LogP contribution in [0.15, 0.2) is 212 Å². The molecule has 11 rings (SSSR count). The number of hydrogen-bond donors (Lipinski definition) is 0. The normalized spacial score (nSPS) is 14.0. The number of aromatic nitrogens is 1. The molecule has 2 heterocycles. The minimum absolute atomic E-state index is 0.438.